The smallest absolute Gasteiger partial charge is 0.192 e. The number of carbonyl (C=O) groups excluding carboxylic acids is 2. The van der Waals surface area contributed by atoms with Gasteiger partial charge in [-0.25, -0.2) is 11.9 Å². The molecule has 0 aromatic carbocycles. The molecule has 6 nitrogen and oxygen atoms in total. The Morgan fingerprint density at radius 2 is 2.07 bits per heavy atom. The first kappa shape index (κ1) is 22.8. The van der Waals surface area contributed by atoms with Gasteiger partial charge < -0.3 is 15.0 Å². The molecular formula is C23H30NO5Y-. The van der Waals surface area contributed by atoms with Crippen LogP contribution in [0.5, 0.6) is 0 Å². The molecule has 4 fully saturated rings. The van der Waals surface area contributed by atoms with E-state index in [0.29, 0.717) is 13.0 Å². The minimum absolute atomic E-state index is 0. The molecule has 0 aromatic heterocycles. The molecule has 0 amide bonds. The number of Topliss-reactive ketones (excluding diaryl/α,β-unsaturated/α-hetero) is 1. The van der Waals surface area contributed by atoms with Crippen LogP contribution < -0.4 is 5.48 Å². The fourth-order valence-electron chi connectivity index (χ4n) is 7.92. The number of hydrogen-bond donors (Lipinski definition) is 3. The Labute approximate surface area is 202 Å². The van der Waals surface area contributed by atoms with E-state index in [4.69, 9.17) is 4.84 Å². The summed E-state index contributed by atoms with van der Waals surface area (Å²) in [5.74, 6) is 0.0178. The average molecular weight is 489 g/mol. The molecule has 0 aromatic rings. The molecule has 1 aliphatic heterocycles. The van der Waals surface area contributed by atoms with Gasteiger partial charge in [0.05, 0.1) is 11.9 Å². The minimum atomic E-state index is -1.09. The fourth-order valence-corrected chi connectivity index (χ4v) is 7.92. The Morgan fingerprint density at radius 1 is 1.33 bits per heavy atom. The average Bonchev–Trinajstić information content (AvgIpc) is 3.20. The molecule has 0 spiro atoms. The van der Waals surface area contributed by atoms with E-state index in [1.807, 2.05) is 6.08 Å². The maximum atomic E-state index is 13.0. The fraction of sp³-hybridized carbons (Fsp3) is 0.696. The van der Waals surface area contributed by atoms with Gasteiger partial charge in [0.1, 0.15) is 6.61 Å². The number of rotatable bonds is 2. The van der Waals surface area contributed by atoms with E-state index >= 15 is 0 Å². The molecule has 1 heterocycles. The van der Waals surface area contributed by atoms with E-state index in [2.05, 4.69) is 32.7 Å². The van der Waals surface area contributed by atoms with Gasteiger partial charge in [-0.2, -0.15) is 11.6 Å². The number of carbonyl (C=O) groups is 2. The first-order chi connectivity index (χ1) is 13.6. The Balaban J connectivity index is 0.00000218. The molecule has 3 N–H and O–H groups in total. The maximum Gasteiger partial charge on any atom is 0.192 e. The zero-order valence-corrected chi connectivity index (χ0v) is 20.7. The second kappa shape index (κ2) is 7.06. The summed E-state index contributed by atoms with van der Waals surface area (Å²) in [4.78, 5) is 30.9. The molecule has 161 valence electrons. The maximum absolute atomic E-state index is 13.0. The van der Waals surface area contributed by atoms with Gasteiger partial charge >= 0.3 is 0 Å². The summed E-state index contributed by atoms with van der Waals surface area (Å²) in [5, 5.41) is 21.4. The van der Waals surface area contributed by atoms with Gasteiger partial charge in [-0.1, -0.05) is 33.3 Å². The van der Waals surface area contributed by atoms with Crippen LogP contribution in [-0.4, -0.2) is 46.6 Å². The Bertz CT molecular complexity index is 857. The Morgan fingerprint density at radius 3 is 2.77 bits per heavy atom. The van der Waals surface area contributed by atoms with Crippen LogP contribution in [0.4, 0.5) is 0 Å². The van der Waals surface area contributed by atoms with Crippen LogP contribution >= 0.6 is 0 Å². The van der Waals surface area contributed by atoms with Crippen molar-refractivity contribution in [3.05, 3.63) is 30.2 Å². The second-order valence-electron chi connectivity index (χ2n) is 10.3. The van der Waals surface area contributed by atoms with Crippen LogP contribution in [0.25, 0.3) is 0 Å². The normalized spacial score (nSPS) is 51.0. The first-order valence-electron chi connectivity index (χ1n) is 10.7. The van der Waals surface area contributed by atoms with E-state index in [-0.39, 0.29) is 62.0 Å². The molecule has 7 heteroatoms. The molecule has 30 heavy (non-hydrogen) atoms. The SMILES string of the molecule is C[C@]12[C@@H](O)C[C@@]3(C)[C@@H](C[C@H]4CNO[C@]43C(=O)CO)[C@@H]1C[CH-]C1=CC(=O)C=C[C@@]12C.[Y]. The third-order valence-corrected chi connectivity index (χ3v) is 9.66. The van der Waals surface area contributed by atoms with Crippen LogP contribution in [0.2, 0.25) is 0 Å². The van der Waals surface area contributed by atoms with Crippen LogP contribution in [0.1, 0.15) is 40.0 Å². The summed E-state index contributed by atoms with van der Waals surface area (Å²) in [6.07, 6.45) is 8.81. The molecule has 1 radical (unpaired) electrons. The number of fused-ring (bicyclic) bond motifs is 7. The van der Waals surface area contributed by atoms with Crippen LogP contribution in [0, 0.1) is 40.4 Å². The Hall–Kier alpha value is -0.366. The minimum Gasteiger partial charge on any atom is -0.392 e. The van der Waals surface area contributed by atoms with Crippen molar-refractivity contribution in [2.45, 2.75) is 51.7 Å². The molecule has 5 rings (SSSR count). The number of aliphatic hydroxyl groups excluding tert-OH is 2. The van der Waals surface area contributed by atoms with E-state index in [1.54, 1.807) is 12.2 Å². The second-order valence-corrected chi connectivity index (χ2v) is 10.3. The van der Waals surface area contributed by atoms with Crippen molar-refractivity contribution in [1.82, 2.24) is 5.48 Å². The largest absolute Gasteiger partial charge is 0.392 e. The summed E-state index contributed by atoms with van der Waals surface area (Å²) in [5.41, 5.74) is 1.36. The van der Waals surface area contributed by atoms with Crippen molar-refractivity contribution in [1.29, 1.82) is 0 Å². The molecule has 0 unspecified atom stereocenters. The summed E-state index contributed by atoms with van der Waals surface area (Å²) < 4.78 is 0. The molecule has 3 saturated carbocycles. The quantitative estimate of drug-likeness (QED) is 0.510. The summed E-state index contributed by atoms with van der Waals surface area (Å²) >= 11 is 0. The van der Waals surface area contributed by atoms with Gasteiger partial charge in [0.25, 0.3) is 0 Å². The van der Waals surface area contributed by atoms with Gasteiger partial charge in [-0.05, 0) is 36.2 Å². The molecular weight excluding hydrogens is 459 g/mol. The van der Waals surface area contributed by atoms with Crippen LogP contribution in [0.15, 0.2) is 23.8 Å². The zero-order chi connectivity index (χ0) is 20.8. The van der Waals surface area contributed by atoms with Gasteiger partial charge in [0.15, 0.2) is 11.4 Å². The molecule has 4 aliphatic carbocycles. The summed E-state index contributed by atoms with van der Waals surface area (Å²) in [7, 11) is 0. The molecule has 5 aliphatic rings. The van der Waals surface area contributed by atoms with E-state index in [9.17, 15) is 19.8 Å². The predicted molar refractivity (Wildman–Crippen MR) is 105 cm³/mol. The third kappa shape index (κ3) is 2.39. The number of aliphatic hydroxyl groups is 2. The number of hydroxylamine groups is 1. The third-order valence-electron chi connectivity index (χ3n) is 9.66. The predicted octanol–water partition coefficient (Wildman–Crippen LogP) is 1.53. The van der Waals surface area contributed by atoms with E-state index in [0.717, 1.165) is 18.4 Å². The van der Waals surface area contributed by atoms with Crippen molar-refractivity contribution < 1.29 is 57.3 Å². The van der Waals surface area contributed by atoms with Crippen molar-refractivity contribution in [2.75, 3.05) is 13.2 Å². The van der Waals surface area contributed by atoms with Gasteiger partial charge in [0.2, 0.25) is 0 Å². The van der Waals surface area contributed by atoms with Crippen molar-refractivity contribution in [2.24, 2.45) is 34.0 Å². The van der Waals surface area contributed by atoms with Crippen molar-refractivity contribution in [3.63, 3.8) is 0 Å². The first-order valence-corrected chi connectivity index (χ1v) is 10.7. The number of hydrogen-bond acceptors (Lipinski definition) is 6. The standard InChI is InChI=1S/C23H30NO5.Y/c1-20-7-6-15(26)8-13(20)4-5-16-17-9-14-11-24-29-23(14,19(28)12-25)21(17,2)10-18(27)22(16,20)3;/h4,6-8,14,16-18,24-25,27H,5,9-12H2,1-3H3;/q-1;/t14-,16-,17-,18-,20-,21-,22+,23-;/m0./s1. The topological polar surface area (TPSA) is 95.9 Å². The van der Waals surface area contributed by atoms with E-state index < -0.39 is 34.6 Å². The van der Waals surface area contributed by atoms with Gasteiger partial charge in [-0.15, -0.1) is 0 Å². The summed E-state index contributed by atoms with van der Waals surface area (Å²) in [6, 6.07) is 0. The van der Waals surface area contributed by atoms with Crippen molar-refractivity contribution >= 4 is 11.6 Å². The Kier molecular flexibility index (Phi) is 5.37. The van der Waals surface area contributed by atoms with E-state index in [1.165, 1.54) is 0 Å². The molecule has 0 bridgehead atoms. The number of ketones is 2. The molecule has 8 atom stereocenters. The van der Waals surface area contributed by atoms with Crippen LogP contribution in [-0.2, 0) is 47.1 Å². The van der Waals surface area contributed by atoms with Gasteiger partial charge in [0, 0.05) is 56.0 Å². The zero-order valence-electron chi connectivity index (χ0n) is 17.9. The monoisotopic (exact) mass is 489 g/mol. The number of nitrogens with one attached hydrogen (secondary N) is 1. The number of allylic oxidation sites excluding steroid dienone is 4. The van der Waals surface area contributed by atoms with Gasteiger partial charge in [-0.3, -0.25) is 9.63 Å². The van der Waals surface area contributed by atoms with Crippen LogP contribution in [0.3, 0.4) is 0 Å². The summed E-state index contributed by atoms with van der Waals surface area (Å²) in [6.45, 7) is 6.36. The van der Waals surface area contributed by atoms with Crippen molar-refractivity contribution in [3.8, 4) is 0 Å². The molecule has 1 saturated heterocycles.